The van der Waals surface area contributed by atoms with Crippen molar-refractivity contribution < 1.29 is 17.9 Å². The van der Waals surface area contributed by atoms with Crippen molar-refractivity contribution >= 4 is 9.84 Å². The summed E-state index contributed by atoms with van der Waals surface area (Å²) < 4.78 is 34.2. The van der Waals surface area contributed by atoms with Crippen LogP contribution in [0.15, 0.2) is 18.2 Å². The van der Waals surface area contributed by atoms with Crippen LogP contribution in [0.25, 0.3) is 0 Å². The molecule has 1 atom stereocenters. The topological polar surface area (TPSA) is 55.8 Å². The highest BCUT2D eigenvalue weighted by molar-refractivity contribution is 7.90. The fourth-order valence-corrected chi connectivity index (χ4v) is 3.71. The molecule has 1 aromatic carbocycles. The lowest BCUT2D eigenvalue weighted by molar-refractivity contribution is 0.271. The maximum atomic E-state index is 11.4. The van der Waals surface area contributed by atoms with Gasteiger partial charge in [-0.3, -0.25) is 4.90 Å². The molecular formula is C16H23NO4S. The van der Waals surface area contributed by atoms with Gasteiger partial charge in [0.15, 0.2) is 11.5 Å². The van der Waals surface area contributed by atoms with Crippen LogP contribution in [-0.2, 0) is 9.84 Å². The molecule has 122 valence electrons. The smallest absolute Gasteiger partial charge is 0.161 e. The highest BCUT2D eigenvalue weighted by Crippen LogP contribution is 2.37. The monoisotopic (exact) mass is 325 g/mol. The van der Waals surface area contributed by atoms with Crippen LogP contribution < -0.4 is 9.47 Å². The SMILES string of the molecule is CS(=O)(=O)CCN1CCC[C@H]1c1ccc2c(c1)OCCCO2. The minimum absolute atomic E-state index is 0.216. The van der Waals surface area contributed by atoms with Gasteiger partial charge in [-0.05, 0) is 37.1 Å². The molecule has 3 rings (SSSR count). The predicted molar refractivity (Wildman–Crippen MR) is 85.3 cm³/mol. The summed E-state index contributed by atoms with van der Waals surface area (Å²) in [4.78, 5) is 2.26. The Balaban J connectivity index is 1.76. The summed E-state index contributed by atoms with van der Waals surface area (Å²) in [7, 11) is -2.92. The molecule has 0 N–H and O–H groups in total. The van der Waals surface area contributed by atoms with E-state index in [1.165, 1.54) is 11.8 Å². The van der Waals surface area contributed by atoms with E-state index in [0.717, 1.165) is 37.3 Å². The van der Waals surface area contributed by atoms with Crippen molar-refractivity contribution in [1.29, 1.82) is 0 Å². The summed E-state index contributed by atoms with van der Waals surface area (Å²) in [5, 5.41) is 0. The molecule has 0 bridgehead atoms. The highest BCUT2D eigenvalue weighted by Gasteiger charge is 2.27. The van der Waals surface area contributed by atoms with Crippen LogP contribution in [-0.4, -0.2) is 51.6 Å². The van der Waals surface area contributed by atoms with Gasteiger partial charge in [0.05, 0.1) is 19.0 Å². The van der Waals surface area contributed by atoms with Crippen molar-refractivity contribution in [2.75, 3.05) is 38.3 Å². The Morgan fingerprint density at radius 2 is 1.95 bits per heavy atom. The lowest BCUT2D eigenvalue weighted by Gasteiger charge is -2.25. The number of hydrogen-bond acceptors (Lipinski definition) is 5. The first kappa shape index (κ1) is 15.6. The van der Waals surface area contributed by atoms with Crippen molar-refractivity contribution in [1.82, 2.24) is 4.90 Å². The molecule has 1 aromatic rings. The normalized spacial score (nSPS) is 22.5. The number of rotatable bonds is 4. The quantitative estimate of drug-likeness (QED) is 0.848. The summed E-state index contributed by atoms with van der Waals surface area (Å²) in [6, 6.07) is 6.39. The average molecular weight is 325 g/mol. The Labute approximate surface area is 132 Å². The van der Waals surface area contributed by atoms with Gasteiger partial charge in [0, 0.05) is 25.3 Å². The van der Waals surface area contributed by atoms with E-state index in [4.69, 9.17) is 9.47 Å². The largest absolute Gasteiger partial charge is 0.490 e. The molecule has 0 unspecified atom stereocenters. The first-order valence-corrected chi connectivity index (χ1v) is 9.90. The molecule has 5 nitrogen and oxygen atoms in total. The molecule has 0 aromatic heterocycles. The second-order valence-corrected chi connectivity index (χ2v) is 8.34. The summed E-state index contributed by atoms with van der Waals surface area (Å²) in [5.74, 6) is 1.83. The van der Waals surface area contributed by atoms with Gasteiger partial charge in [0.25, 0.3) is 0 Å². The molecule has 22 heavy (non-hydrogen) atoms. The van der Waals surface area contributed by atoms with Crippen LogP contribution in [0.4, 0.5) is 0 Å². The second kappa shape index (κ2) is 6.46. The zero-order valence-electron chi connectivity index (χ0n) is 13.0. The van der Waals surface area contributed by atoms with E-state index in [1.807, 2.05) is 6.07 Å². The van der Waals surface area contributed by atoms with Crippen LogP contribution in [0, 0.1) is 0 Å². The van der Waals surface area contributed by atoms with Crippen LogP contribution in [0.5, 0.6) is 11.5 Å². The molecule has 0 radical (unpaired) electrons. The Kier molecular flexibility index (Phi) is 4.59. The molecule has 1 fully saturated rings. The number of likely N-dealkylation sites (tertiary alicyclic amines) is 1. The first-order chi connectivity index (χ1) is 10.5. The highest BCUT2D eigenvalue weighted by atomic mass is 32.2. The second-order valence-electron chi connectivity index (χ2n) is 6.08. The van der Waals surface area contributed by atoms with E-state index in [2.05, 4.69) is 17.0 Å². The van der Waals surface area contributed by atoms with Crippen LogP contribution >= 0.6 is 0 Å². The van der Waals surface area contributed by atoms with Crippen LogP contribution in [0.1, 0.15) is 30.9 Å². The van der Waals surface area contributed by atoms with Crippen molar-refractivity contribution in [2.45, 2.75) is 25.3 Å². The van der Waals surface area contributed by atoms with E-state index in [-0.39, 0.29) is 11.8 Å². The molecular weight excluding hydrogens is 302 g/mol. The van der Waals surface area contributed by atoms with E-state index >= 15 is 0 Å². The minimum Gasteiger partial charge on any atom is -0.490 e. The lowest BCUT2D eigenvalue weighted by atomic mass is 10.0. The van der Waals surface area contributed by atoms with Gasteiger partial charge in [-0.1, -0.05) is 6.07 Å². The fourth-order valence-electron chi connectivity index (χ4n) is 3.14. The summed E-state index contributed by atoms with van der Waals surface area (Å²) in [6.45, 7) is 2.92. The minimum atomic E-state index is -2.92. The number of fused-ring (bicyclic) bond motifs is 1. The van der Waals surface area contributed by atoms with Gasteiger partial charge in [0.1, 0.15) is 9.84 Å². The van der Waals surface area contributed by atoms with Gasteiger partial charge < -0.3 is 9.47 Å². The third-order valence-electron chi connectivity index (χ3n) is 4.27. The first-order valence-electron chi connectivity index (χ1n) is 7.84. The molecule has 2 aliphatic heterocycles. The van der Waals surface area contributed by atoms with Gasteiger partial charge in [-0.15, -0.1) is 0 Å². The molecule has 1 saturated heterocycles. The van der Waals surface area contributed by atoms with Crippen molar-refractivity contribution in [2.24, 2.45) is 0 Å². The molecule has 2 heterocycles. The molecule has 0 spiro atoms. The Bertz CT molecular complexity index is 629. The van der Waals surface area contributed by atoms with E-state index < -0.39 is 9.84 Å². The maximum Gasteiger partial charge on any atom is 0.161 e. The zero-order chi connectivity index (χ0) is 15.6. The van der Waals surface area contributed by atoms with Gasteiger partial charge in [-0.2, -0.15) is 0 Å². The number of ether oxygens (including phenoxy) is 2. The maximum absolute atomic E-state index is 11.4. The van der Waals surface area contributed by atoms with Crippen LogP contribution in [0.2, 0.25) is 0 Å². The third-order valence-corrected chi connectivity index (χ3v) is 5.19. The standard InChI is InChI=1S/C16H23NO4S/c1-22(18,19)11-8-17-7-2-4-14(17)13-5-6-15-16(12-13)21-10-3-9-20-15/h5-6,12,14H,2-4,7-11H2,1H3/t14-/m0/s1. The van der Waals surface area contributed by atoms with E-state index in [9.17, 15) is 8.42 Å². The Morgan fingerprint density at radius 1 is 1.18 bits per heavy atom. The van der Waals surface area contributed by atoms with Crippen molar-refractivity contribution in [3.05, 3.63) is 23.8 Å². The van der Waals surface area contributed by atoms with Crippen molar-refractivity contribution in [3.8, 4) is 11.5 Å². The van der Waals surface area contributed by atoms with Gasteiger partial charge >= 0.3 is 0 Å². The lowest BCUT2D eigenvalue weighted by Crippen LogP contribution is -2.28. The molecule has 6 heteroatoms. The number of hydrogen-bond donors (Lipinski definition) is 0. The van der Waals surface area contributed by atoms with E-state index in [1.54, 1.807) is 0 Å². The summed E-state index contributed by atoms with van der Waals surface area (Å²) in [5.41, 5.74) is 1.19. The van der Waals surface area contributed by atoms with Crippen molar-refractivity contribution in [3.63, 3.8) is 0 Å². The summed E-state index contributed by atoms with van der Waals surface area (Å²) >= 11 is 0. The third kappa shape index (κ3) is 3.73. The summed E-state index contributed by atoms with van der Waals surface area (Å²) in [6.07, 6.45) is 4.35. The number of sulfone groups is 1. The Morgan fingerprint density at radius 3 is 2.73 bits per heavy atom. The predicted octanol–water partition coefficient (Wildman–Crippen LogP) is 2.03. The number of benzene rings is 1. The zero-order valence-corrected chi connectivity index (χ0v) is 13.8. The van der Waals surface area contributed by atoms with E-state index in [0.29, 0.717) is 19.8 Å². The fraction of sp³-hybridized carbons (Fsp3) is 0.625. The van der Waals surface area contributed by atoms with Crippen LogP contribution in [0.3, 0.4) is 0 Å². The van der Waals surface area contributed by atoms with Gasteiger partial charge in [0.2, 0.25) is 0 Å². The van der Waals surface area contributed by atoms with Gasteiger partial charge in [-0.25, -0.2) is 8.42 Å². The molecule has 2 aliphatic rings. The Hall–Kier alpha value is -1.27. The molecule has 0 amide bonds. The molecule has 0 saturated carbocycles. The number of nitrogens with zero attached hydrogens (tertiary/aromatic N) is 1. The molecule has 0 aliphatic carbocycles. The average Bonchev–Trinajstić information content (AvgIpc) is 2.81.